The van der Waals surface area contributed by atoms with Crippen LogP contribution in [0.1, 0.15) is 74.8 Å². The van der Waals surface area contributed by atoms with E-state index in [1.54, 1.807) is 41.5 Å². The van der Waals surface area contributed by atoms with Crippen molar-refractivity contribution in [1.82, 2.24) is 5.32 Å². The van der Waals surface area contributed by atoms with Crippen LogP contribution in [0.15, 0.2) is 18.2 Å². The average Bonchev–Trinajstić information content (AvgIpc) is 2.77. The van der Waals surface area contributed by atoms with Gasteiger partial charge in [-0.1, -0.05) is 47.6 Å². The van der Waals surface area contributed by atoms with Crippen LogP contribution >= 0.6 is 0 Å². The molecule has 2 unspecified atom stereocenters. The van der Waals surface area contributed by atoms with Crippen LogP contribution in [0.25, 0.3) is 0 Å². The Labute approximate surface area is 225 Å². The fourth-order valence-corrected chi connectivity index (χ4v) is 3.18. The quantitative estimate of drug-likeness (QED) is 0.202. The molecule has 1 aromatic rings. The number of rotatable bonds is 13. The molecule has 214 valence electrons. The van der Waals surface area contributed by atoms with Crippen molar-refractivity contribution in [3.8, 4) is 11.5 Å². The van der Waals surface area contributed by atoms with E-state index in [1.807, 2.05) is 27.7 Å². The second kappa shape index (κ2) is 14.1. The van der Waals surface area contributed by atoms with Crippen LogP contribution < -0.4 is 14.8 Å². The molecule has 0 spiro atoms. The van der Waals surface area contributed by atoms with Crippen molar-refractivity contribution in [3.63, 3.8) is 0 Å². The number of hydrogen-bond donors (Lipinski definition) is 2. The lowest BCUT2D eigenvalue weighted by molar-refractivity contribution is -0.167. The molecule has 0 saturated heterocycles. The number of hydrogen-bond acceptors (Lipinski definition) is 9. The summed E-state index contributed by atoms with van der Waals surface area (Å²) in [5.74, 6) is -3.35. The molecule has 0 aromatic heterocycles. The summed E-state index contributed by atoms with van der Waals surface area (Å²) in [6, 6.07) is 3.96. The lowest BCUT2D eigenvalue weighted by Gasteiger charge is -2.32. The number of aliphatic carboxylic acids is 1. The average molecular weight is 538 g/mol. The molecule has 38 heavy (non-hydrogen) atoms. The molecule has 0 bridgehead atoms. The summed E-state index contributed by atoms with van der Waals surface area (Å²) >= 11 is 0. The Morgan fingerprint density at radius 3 is 1.74 bits per heavy atom. The zero-order chi connectivity index (χ0) is 29.4. The number of carbonyl (C=O) groups is 4. The molecule has 10 heteroatoms. The lowest BCUT2D eigenvalue weighted by atomic mass is 9.98. The molecule has 0 radical (unpaired) electrons. The molecule has 0 aliphatic heterocycles. The van der Waals surface area contributed by atoms with Crippen molar-refractivity contribution in [2.45, 2.75) is 93.5 Å². The van der Waals surface area contributed by atoms with Gasteiger partial charge in [-0.25, -0.2) is 9.59 Å². The second-order valence-corrected chi connectivity index (χ2v) is 10.8. The first-order valence-corrected chi connectivity index (χ1v) is 13.0. The summed E-state index contributed by atoms with van der Waals surface area (Å²) < 4.78 is 21.5. The first-order chi connectivity index (χ1) is 17.5. The molecule has 0 aliphatic carbocycles. The topological polar surface area (TPSA) is 137 Å². The van der Waals surface area contributed by atoms with Gasteiger partial charge in [0.15, 0.2) is 11.5 Å². The molecule has 2 N–H and O–H groups in total. The highest BCUT2D eigenvalue weighted by Gasteiger charge is 2.44. The minimum Gasteiger partial charge on any atom is -0.477 e. The molecule has 0 fully saturated rings. The predicted molar refractivity (Wildman–Crippen MR) is 141 cm³/mol. The van der Waals surface area contributed by atoms with Gasteiger partial charge in [0.2, 0.25) is 0 Å². The van der Waals surface area contributed by atoms with E-state index in [1.165, 1.54) is 18.2 Å². The minimum absolute atomic E-state index is 0.00656. The molecule has 10 nitrogen and oxygen atoms in total. The number of ether oxygens (including phenoxy) is 4. The standard InChI is InChI=1S/C28H43NO9/c1-15(2)19(9)24(30)36-22-12-11-21(13-23(22)37-25(31)20(10)16(3)4)14-28(26(32)33,29-17(5)6)38-27(34)35-18(7)8/h11-13,15-20,29H,14H2,1-10H3,(H,32,33)/t19?,20?,28-/m0/s1. The van der Waals surface area contributed by atoms with E-state index < -0.39 is 47.7 Å². The smallest absolute Gasteiger partial charge is 0.477 e. The molecular formula is C28H43NO9. The monoisotopic (exact) mass is 537 g/mol. The number of nitrogens with one attached hydrogen (secondary N) is 1. The van der Waals surface area contributed by atoms with Crippen molar-refractivity contribution in [1.29, 1.82) is 0 Å². The Bertz CT molecular complexity index is 987. The maximum absolute atomic E-state index is 12.8. The van der Waals surface area contributed by atoms with Crippen molar-refractivity contribution in [2.24, 2.45) is 23.7 Å². The van der Waals surface area contributed by atoms with E-state index in [9.17, 15) is 24.3 Å². The number of carboxylic acids is 1. The van der Waals surface area contributed by atoms with Crippen LogP contribution in [0, 0.1) is 23.7 Å². The number of carboxylic acid groups (broad SMARTS) is 1. The summed E-state index contributed by atoms with van der Waals surface area (Å²) in [6.07, 6.45) is -2.01. The second-order valence-electron chi connectivity index (χ2n) is 10.8. The summed E-state index contributed by atoms with van der Waals surface area (Å²) in [5.41, 5.74) is -1.84. The molecule has 0 amide bonds. The van der Waals surface area contributed by atoms with E-state index in [-0.39, 0.29) is 35.8 Å². The SMILES string of the molecule is CC(C)N[C@@](Cc1ccc(OC(=O)C(C)C(C)C)c(OC(=O)C(C)C(C)C)c1)(OC(=O)OC(C)C)C(=O)O. The van der Waals surface area contributed by atoms with Crippen LogP contribution in [-0.2, 0) is 30.3 Å². The summed E-state index contributed by atoms with van der Waals surface area (Å²) in [4.78, 5) is 50.1. The van der Waals surface area contributed by atoms with E-state index >= 15 is 0 Å². The van der Waals surface area contributed by atoms with Crippen LogP contribution in [0.3, 0.4) is 0 Å². The van der Waals surface area contributed by atoms with E-state index in [0.29, 0.717) is 5.56 Å². The van der Waals surface area contributed by atoms with Gasteiger partial charge >= 0.3 is 24.1 Å². The van der Waals surface area contributed by atoms with E-state index in [2.05, 4.69) is 5.32 Å². The van der Waals surface area contributed by atoms with Crippen LogP contribution in [0.4, 0.5) is 4.79 Å². The van der Waals surface area contributed by atoms with Crippen LogP contribution in [-0.4, -0.2) is 47.0 Å². The minimum atomic E-state index is -2.18. The third-order valence-electron chi connectivity index (χ3n) is 6.08. The lowest BCUT2D eigenvalue weighted by Crippen LogP contribution is -2.59. The Morgan fingerprint density at radius 1 is 0.816 bits per heavy atom. The fraction of sp³-hybridized carbons (Fsp3) is 0.643. The Kier molecular flexibility index (Phi) is 12.2. The molecule has 0 aliphatic rings. The van der Waals surface area contributed by atoms with Gasteiger partial charge in [-0.15, -0.1) is 0 Å². The first kappa shape index (κ1) is 32.9. The summed E-state index contributed by atoms with van der Waals surface area (Å²) in [7, 11) is 0. The van der Waals surface area contributed by atoms with E-state index in [4.69, 9.17) is 18.9 Å². The number of benzene rings is 1. The van der Waals surface area contributed by atoms with Gasteiger partial charge in [0, 0.05) is 12.5 Å². The number of carbonyl (C=O) groups excluding carboxylic acids is 3. The number of esters is 2. The van der Waals surface area contributed by atoms with Gasteiger partial charge in [-0.2, -0.15) is 0 Å². The van der Waals surface area contributed by atoms with Gasteiger partial charge in [-0.3, -0.25) is 14.9 Å². The van der Waals surface area contributed by atoms with Gasteiger partial charge in [-0.05, 0) is 57.2 Å². The molecule has 0 saturated carbocycles. The Morgan fingerprint density at radius 2 is 1.32 bits per heavy atom. The first-order valence-electron chi connectivity index (χ1n) is 13.0. The van der Waals surface area contributed by atoms with Crippen molar-refractivity contribution >= 4 is 24.1 Å². The molecular weight excluding hydrogens is 494 g/mol. The Hall–Kier alpha value is -3.14. The van der Waals surface area contributed by atoms with Gasteiger partial charge < -0.3 is 24.1 Å². The van der Waals surface area contributed by atoms with Crippen molar-refractivity contribution in [2.75, 3.05) is 0 Å². The van der Waals surface area contributed by atoms with Gasteiger partial charge in [0.25, 0.3) is 5.72 Å². The van der Waals surface area contributed by atoms with Crippen LogP contribution in [0.5, 0.6) is 11.5 Å². The summed E-state index contributed by atoms with van der Waals surface area (Å²) in [6.45, 7) is 17.6. The molecule has 0 heterocycles. The van der Waals surface area contributed by atoms with Gasteiger partial charge in [0.05, 0.1) is 17.9 Å². The predicted octanol–water partition coefficient (Wildman–Crippen LogP) is 4.96. The maximum Gasteiger partial charge on any atom is 0.510 e. The summed E-state index contributed by atoms with van der Waals surface area (Å²) in [5, 5.41) is 12.9. The molecule has 1 aromatic carbocycles. The highest BCUT2D eigenvalue weighted by Crippen LogP contribution is 2.33. The third kappa shape index (κ3) is 9.63. The maximum atomic E-state index is 12.8. The normalized spacial score (nSPS) is 14.7. The van der Waals surface area contributed by atoms with Gasteiger partial charge in [0.1, 0.15) is 0 Å². The fourth-order valence-electron chi connectivity index (χ4n) is 3.18. The third-order valence-corrected chi connectivity index (χ3v) is 6.08. The van der Waals surface area contributed by atoms with E-state index in [0.717, 1.165) is 0 Å². The van der Waals surface area contributed by atoms with Crippen LogP contribution in [0.2, 0.25) is 0 Å². The van der Waals surface area contributed by atoms with Crippen molar-refractivity contribution < 1.29 is 43.2 Å². The highest BCUT2D eigenvalue weighted by molar-refractivity contribution is 5.81. The zero-order valence-electron chi connectivity index (χ0n) is 24.1. The molecule has 1 rings (SSSR count). The molecule has 3 atom stereocenters. The largest absolute Gasteiger partial charge is 0.510 e. The highest BCUT2D eigenvalue weighted by atomic mass is 16.7. The Balaban J connectivity index is 3.52. The zero-order valence-corrected chi connectivity index (χ0v) is 24.1. The van der Waals surface area contributed by atoms with Crippen molar-refractivity contribution in [3.05, 3.63) is 23.8 Å².